The van der Waals surface area contributed by atoms with E-state index in [-0.39, 0.29) is 16.8 Å². The van der Waals surface area contributed by atoms with Crippen molar-refractivity contribution in [2.24, 2.45) is 5.41 Å². The first-order chi connectivity index (χ1) is 11.6. The van der Waals surface area contributed by atoms with Crippen LogP contribution < -0.4 is 10.6 Å². The molecular formula is C17H17ClN2O4S. The molecule has 1 aromatic carbocycles. The maximum absolute atomic E-state index is 11.9. The molecule has 0 atom stereocenters. The molecule has 6 nitrogen and oxygen atoms in total. The maximum Gasteiger partial charge on any atom is 0.371 e. The number of carbonyl (C=O) groups excluding carboxylic acids is 1. The van der Waals surface area contributed by atoms with Crippen LogP contribution in [0.4, 0.5) is 5.69 Å². The lowest BCUT2D eigenvalue weighted by molar-refractivity contribution is -0.126. The fourth-order valence-corrected chi connectivity index (χ4v) is 2.26. The van der Waals surface area contributed by atoms with Crippen molar-refractivity contribution in [3.8, 4) is 11.3 Å². The van der Waals surface area contributed by atoms with Crippen molar-refractivity contribution in [2.75, 3.05) is 5.32 Å². The van der Waals surface area contributed by atoms with Gasteiger partial charge in [0.05, 0.1) is 5.02 Å². The van der Waals surface area contributed by atoms with E-state index in [1.54, 1.807) is 39.0 Å². The lowest BCUT2D eigenvalue weighted by Crippen LogP contribution is -2.41. The number of carboxylic acid groups (broad SMARTS) is 1. The zero-order valence-electron chi connectivity index (χ0n) is 13.8. The number of hydrogen-bond donors (Lipinski definition) is 3. The number of nitrogens with one attached hydrogen (secondary N) is 2. The quantitative estimate of drug-likeness (QED) is 0.692. The highest BCUT2D eigenvalue weighted by atomic mass is 35.5. The zero-order chi connectivity index (χ0) is 18.8. The minimum Gasteiger partial charge on any atom is -0.475 e. The molecule has 0 fully saturated rings. The topological polar surface area (TPSA) is 91.6 Å². The predicted octanol–water partition coefficient (Wildman–Crippen LogP) is 4.16. The Hall–Kier alpha value is -2.38. The lowest BCUT2D eigenvalue weighted by atomic mass is 9.96. The van der Waals surface area contributed by atoms with Crippen molar-refractivity contribution in [3.05, 3.63) is 41.1 Å². The molecule has 1 heterocycles. The smallest absolute Gasteiger partial charge is 0.371 e. The first-order valence-electron chi connectivity index (χ1n) is 7.33. The fourth-order valence-electron chi connectivity index (χ4n) is 1.84. The molecule has 25 heavy (non-hydrogen) atoms. The number of rotatable bonds is 3. The third-order valence-corrected chi connectivity index (χ3v) is 3.75. The van der Waals surface area contributed by atoms with Crippen LogP contribution in [-0.4, -0.2) is 22.1 Å². The van der Waals surface area contributed by atoms with E-state index < -0.39 is 11.4 Å². The van der Waals surface area contributed by atoms with Gasteiger partial charge in [0.1, 0.15) is 5.76 Å². The summed E-state index contributed by atoms with van der Waals surface area (Å²) in [6.45, 7) is 5.34. The van der Waals surface area contributed by atoms with Crippen molar-refractivity contribution >= 4 is 46.5 Å². The van der Waals surface area contributed by atoms with Crippen LogP contribution in [0.25, 0.3) is 11.3 Å². The lowest BCUT2D eigenvalue weighted by Gasteiger charge is -2.18. The average molecular weight is 381 g/mol. The third-order valence-electron chi connectivity index (χ3n) is 3.21. The van der Waals surface area contributed by atoms with Gasteiger partial charge in [-0.05, 0) is 42.5 Å². The number of amides is 1. The molecule has 0 aliphatic heterocycles. The molecule has 0 saturated heterocycles. The molecule has 0 unspecified atom stereocenters. The Bertz CT molecular complexity index is 839. The van der Waals surface area contributed by atoms with Crippen LogP contribution in [-0.2, 0) is 4.79 Å². The summed E-state index contributed by atoms with van der Waals surface area (Å²) in [6, 6.07) is 7.83. The second kappa shape index (κ2) is 7.25. The van der Waals surface area contributed by atoms with Gasteiger partial charge in [-0.15, -0.1) is 0 Å². The van der Waals surface area contributed by atoms with Crippen molar-refractivity contribution in [2.45, 2.75) is 20.8 Å². The molecular weight excluding hydrogens is 364 g/mol. The number of thiocarbonyl (C=S) groups is 1. The number of halogens is 1. The Morgan fingerprint density at radius 2 is 1.88 bits per heavy atom. The molecule has 0 saturated carbocycles. The van der Waals surface area contributed by atoms with Crippen molar-refractivity contribution in [3.63, 3.8) is 0 Å². The van der Waals surface area contributed by atoms with Gasteiger partial charge in [-0.2, -0.15) is 0 Å². The molecule has 8 heteroatoms. The van der Waals surface area contributed by atoms with E-state index in [0.29, 0.717) is 22.0 Å². The highest BCUT2D eigenvalue weighted by molar-refractivity contribution is 7.80. The number of benzene rings is 1. The molecule has 1 amide bonds. The summed E-state index contributed by atoms with van der Waals surface area (Å²) in [5, 5.41) is 15.0. The van der Waals surface area contributed by atoms with Gasteiger partial charge in [-0.1, -0.05) is 32.4 Å². The van der Waals surface area contributed by atoms with Crippen LogP contribution in [0, 0.1) is 5.41 Å². The van der Waals surface area contributed by atoms with Gasteiger partial charge < -0.3 is 20.2 Å². The predicted molar refractivity (Wildman–Crippen MR) is 99.9 cm³/mol. The number of aromatic carboxylic acids is 1. The van der Waals surface area contributed by atoms with E-state index in [0.717, 1.165) is 0 Å². The van der Waals surface area contributed by atoms with Gasteiger partial charge in [-0.3, -0.25) is 4.79 Å². The van der Waals surface area contributed by atoms with Crippen LogP contribution in [0.1, 0.15) is 31.3 Å². The van der Waals surface area contributed by atoms with E-state index in [1.165, 1.54) is 12.1 Å². The van der Waals surface area contributed by atoms with Crippen LogP contribution in [0.15, 0.2) is 34.7 Å². The largest absolute Gasteiger partial charge is 0.475 e. The number of carbonyl (C=O) groups is 2. The number of carboxylic acids is 1. The Morgan fingerprint density at radius 1 is 1.20 bits per heavy atom. The van der Waals surface area contributed by atoms with Crippen LogP contribution in [0.2, 0.25) is 5.02 Å². The van der Waals surface area contributed by atoms with Gasteiger partial charge in [0.15, 0.2) is 5.11 Å². The summed E-state index contributed by atoms with van der Waals surface area (Å²) < 4.78 is 5.27. The van der Waals surface area contributed by atoms with Gasteiger partial charge in [0.25, 0.3) is 0 Å². The molecule has 0 radical (unpaired) electrons. The summed E-state index contributed by atoms with van der Waals surface area (Å²) in [6.07, 6.45) is 0. The number of hydrogen-bond acceptors (Lipinski definition) is 4. The Kier molecular flexibility index (Phi) is 5.49. The Balaban J connectivity index is 2.19. The molecule has 0 aliphatic rings. The second-order valence-corrected chi connectivity index (χ2v) is 7.14. The first-order valence-corrected chi connectivity index (χ1v) is 8.12. The standard InChI is InChI=1S/C17H17ClN2O4S/c1-17(2,3)15(23)20-16(25)19-9-4-5-11(18)10(8-9)12-6-7-13(24-12)14(21)22/h4-8H,1-3H3,(H,21,22)(H2,19,20,23,25). The normalized spacial score (nSPS) is 11.0. The average Bonchev–Trinajstić information content (AvgIpc) is 2.98. The zero-order valence-corrected chi connectivity index (χ0v) is 15.4. The molecule has 0 spiro atoms. The molecule has 132 valence electrons. The fraction of sp³-hybridized carbons (Fsp3) is 0.235. The molecule has 2 rings (SSSR count). The maximum atomic E-state index is 11.9. The van der Waals surface area contributed by atoms with E-state index in [4.69, 9.17) is 33.3 Å². The van der Waals surface area contributed by atoms with Gasteiger partial charge in [0, 0.05) is 16.7 Å². The third kappa shape index (κ3) is 4.80. The molecule has 0 bridgehead atoms. The Labute approximate surface area is 155 Å². The second-order valence-electron chi connectivity index (χ2n) is 6.32. The minimum absolute atomic E-state index is 0.152. The van der Waals surface area contributed by atoms with Crippen LogP contribution in [0.3, 0.4) is 0 Å². The van der Waals surface area contributed by atoms with Crippen molar-refractivity contribution in [1.82, 2.24) is 5.32 Å². The van der Waals surface area contributed by atoms with Crippen LogP contribution >= 0.6 is 23.8 Å². The summed E-state index contributed by atoms with van der Waals surface area (Å²) in [7, 11) is 0. The molecule has 3 N–H and O–H groups in total. The van der Waals surface area contributed by atoms with E-state index >= 15 is 0 Å². The first kappa shape index (κ1) is 19.0. The van der Waals surface area contributed by atoms with E-state index in [2.05, 4.69) is 10.6 Å². The summed E-state index contributed by atoms with van der Waals surface area (Å²) in [4.78, 5) is 22.9. The van der Waals surface area contributed by atoms with E-state index in [9.17, 15) is 9.59 Å². The highest BCUT2D eigenvalue weighted by Crippen LogP contribution is 2.32. The minimum atomic E-state index is -1.16. The molecule has 0 aliphatic carbocycles. The summed E-state index contributed by atoms with van der Waals surface area (Å²) in [5.41, 5.74) is 0.508. The van der Waals surface area contributed by atoms with Gasteiger partial charge >= 0.3 is 5.97 Å². The highest BCUT2D eigenvalue weighted by Gasteiger charge is 2.22. The van der Waals surface area contributed by atoms with Crippen molar-refractivity contribution in [1.29, 1.82) is 0 Å². The van der Waals surface area contributed by atoms with E-state index in [1.807, 2.05) is 0 Å². The summed E-state index contributed by atoms with van der Waals surface area (Å²) in [5.74, 6) is -1.24. The van der Waals surface area contributed by atoms with Gasteiger partial charge in [0.2, 0.25) is 11.7 Å². The molecule has 2 aromatic rings. The van der Waals surface area contributed by atoms with Gasteiger partial charge in [-0.25, -0.2) is 4.79 Å². The summed E-state index contributed by atoms with van der Waals surface area (Å²) >= 11 is 11.3. The van der Waals surface area contributed by atoms with Crippen molar-refractivity contribution < 1.29 is 19.1 Å². The van der Waals surface area contributed by atoms with Crippen LogP contribution in [0.5, 0.6) is 0 Å². The number of furan rings is 1. The monoisotopic (exact) mass is 380 g/mol. The Morgan fingerprint density at radius 3 is 2.44 bits per heavy atom. The SMILES string of the molecule is CC(C)(C)C(=O)NC(=S)Nc1ccc(Cl)c(-c2ccc(C(=O)O)o2)c1. The molecule has 1 aromatic heterocycles. The number of anilines is 1.